The molecule has 23 heavy (non-hydrogen) atoms. The third kappa shape index (κ3) is 3.63. The minimum atomic E-state index is -0.886. The van der Waals surface area contributed by atoms with E-state index in [1.807, 2.05) is 48.7 Å². The number of nitrogens with zero attached hydrogens (tertiary/aromatic N) is 1. The Bertz CT molecular complexity index is 865. The van der Waals surface area contributed by atoms with Gasteiger partial charge in [0.05, 0.1) is 17.6 Å². The molecule has 0 saturated heterocycles. The van der Waals surface area contributed by atoms with Crippen molar-refractivity contribution in [3.63, 3.8) is 0 Å². The summed E-state index contributed by atoms with van der Waals surface area (Å²) in [6, 6.07) is 17.6. The number of benzene rings is 2. The van der Waals surface area contributed by atoms with E-state index >= 15 is 0 Å². The topological polar surface area (TPSA) is 62.2 Å². The number of nitrogens with one attached hydrogen (secondary N) is 1. The van der Waals surface area contributed by atoms with E-state index in [9.17, 15) is 4.79 Å². The largest absolute Gasteiger partial charge is 0.481 e. The zero-order valence-electron chi connectivity index (χ0n) is 12.6. The lowest BCUT2D eigenvalue weighted by atomic mass is 10.1. The Morgan fingerprint density at radius 2 is 2.00 bits per heavy atom. The first-order chi connectivity index (χ1) is 11.2. The molecule has 2 aromatic carbocycles. The van der Waals surface area contributed by atoms with Gasteiger partial charge in [0.15, 0.2) is 0 Å². The first-order valence-corrected chi connectivity index (χ1v) is 8.40. The smallest absolute Gasteiger partial charge is 0.309 e. The van der Waals surface area contributed by atoms with Crippen LogP contribution in [-0.2, 0) is 11.2 Å². The lowest BCUT2D eigenvalue weighted by molar-refractivity contribution is -0.136. The summed E-state index contributed by atoms with van der Waals surface area (Å²) in [4.78, 5) is 16.6. The van der Waals surface area contributed by atoms with Gasteiger partial charge in [0.1, 0.15) is 0 Å². The molecular weight excluding hydrogens is 308 g/mol. The van der Waals surface area contributed by atoms with E-state index in [1.54, 1.807) is 11.8 Å². The molecule has 0 bridgehead atoms. The fourth-order valence-corrected chi connectivity index (χ4v) is 2.89. The van der Waals surface area contributed by atoms with Crippen LogP contribution in [0.15, 0.2) is 59.5 Å². The van der Waals surface area contributed by atoms with E-state index in [-0.39, 0.29) is 6.42 Å². The minimum Gasteiger partial charge on any atom is -0.481 e. The van der Waals surface area contributed by atoms with E-state index in [0.717, 1.165) is 22.3 Å². The maximum absolute atomic E-state index is 11.0. The van der Waals surface area contributed by atoms with Crippen molar-refractivity contribution in [2.75, 3.05) is 11.6 Å². The lowest BCUT2D eigenvalue weighted by Crippen LogP contribution is -2.04. The first kappa shape index (κ1) is 15.4. The molecule has 0 saturated carbocycles. The number of thioether (sulfide) groups is 1. The molecule has 4 nitrogen and oxygen atoms in total. The van der Waals surface area contributed by atoms with Crippen molar-refractivity contribution >= 4 is 40.0 Å². The number of carbonyl (C=O) groups is 1. The molecular formula is C18H16N2O2S. The van der Waals surface area contributed by atoms with E-state index < -0.39 is 5.97 Å². The molecule has 5 heteroatoms. The molecule has 0 aliphatic rings. The van der Waals surface area contributed by atoms with E-state index in [2.05, 4.69) is 22.4 Å². The highest BCUT2D eigenvalue weighted by atomic mass is 32.2. The summed E-state index contributed by atoms with van der Waals surface area (Å²) in [6.45, 7) is 0. The second kappa shape index (κ2) is 6.71. The molecule has 0 aliphatic heterocycles. The third-order valence-electron chi connectivity index (χ3n) is 3.45. The van der Waals surface area contributed by atoms with Gasteiger partial charge < -0.3 is 10.4 Å². The predicted octanol–water partition coefficient (Wildman–Crippen LogP) is 4.33. The standard InChI is InChI=1S/C18H16N2O2S/c1-23-14-6-4-5-12(9-14)19-17-10-13(11-18(21)22)20-16-8-3-2-7-15(16)17/h2-10H,11H2,1H3,(H,19,20)(H,21,22). The highest BCUT2D eigenvalue weighted by Gasteiger charge is 2.09. The molecule has 0 radical (unpaired) electrons. The van der Waals surface area contributed by atoms with Crippen LogP contribution in [0.5, 0.6) is 0 Å². The number of aliphatic carboxylic acids is 1. The Labute approximate surface area is 138 Å². The SMILES string of the molecule is CSc1cccc(Nc2cc(CC(=O)O)nc3ccccc23)c1. The highest BCUT2D eigenvalue weighted by molar-refractivity contribution is 7.98. The third-order valence-corrected chi connectivity index (χ3v) is 4.18. The molecule has 2 N–H and O–H groups in total. The fourth-order valence-electron chi connectivity index (χ4n) is 2.44. The van der Waals surface area contributed by atoms with Crippen molar-refractivity contribution in [3.8, 4) is 0 Å². The van der Waals surface area contributed by atoms with Crippen molar-refractivity contribution in [2.24, 2.45) is 0 Å². The quantitative estimate of drug-likeness (QED) is 0.684. The maximum atomic E-state index is 11.0. The number of hydrogen-bond acceptors (Lipinski definition) is 4. The second-order valence-electron chi connectivity index (χ2n) is 5.11. The number of carboxylic acid groups (broad SMARTS) is 1. The number of anilines is 2. The normalized spacial score (nSPS) is 10.7. The van der Waals surface area contributed by atoms with Gasteiger partial charge in [-0.3, -0.25) is 9.78 Å². The summed E-state index contributed by atoms with van der Waals surface area (Å²) in [5.41, 5.74) is 3.16. The highest BCUT2D eigenvalue weighted by Crippen LogP contribution is 2.28. The molecule has 1 heterocycles. The van der Waals surface area contributed by atoms with E-state index in [1.165, 1.54) is 4.90 Å². The predicted molar refractivity (Wildman–Crippen MR) is 94.6 cm³/mol. The van der Waals surface area contributed by atoms with Gasteiger partial charge in [0.25, 0.3) is 0 Å². The summed E-state index contributed by atoms with van der Waals surface area (Å²) in [6.07, 6.45) is 1.94. The number of pyridine rings is 1. The Kier molecular flexibility index (Phi) is 4.48. The Morgan fingerprint density at radius 3 is 2.78 bits per heavy atom. The molecule has 0 spiro atoms. The molecule has 3 aromatic rings. The van der Waals surface area contributed by atoms with Crippen molar-refractivity contribution < 1.29 is 9.90 Å². The van der Waals surface area contributed by atoms with Gasteiger partial charge in [0.2, 0.25) is 0 Å². The van der Waals surface area contributed by atoms with Crippen LogP contribution in [0, 0.1) is 0 Å². The summed E-state index contributed by atoms with van der Waals surface area (Å²) in [5.74, 6) is -0.886. The van der Waals surface area contributed by atoms with Crippen LogP contribution < -0.4 is 5.32 Å². The molecule has 0 fully saturated rings. The van der Waals surface area contributed by atoms with Crippen LogP contribution in [0.25, 0.3) is 10.9 Å². The van der Waals surface area contributed by atoms with Crippen LogP contribution in [0.4, 0.5) is 11.4 Å². The van der Waals surface area contributed by atoms with Crippen LogP contribution >= 0.6 is 11.8 Å². The maximum Gasteiger partial charge on any atom is 0.309 e. The second-order valence-corrected chi connectivity index (χ2v) is 5.99. The minimum absolute atomic E-state index is 0.0929. The Balaban J connectivity index is 2.05. The summed E-state index contributed by atoms with van der Waals surface area (Å²) in [5, 5.41) is 13.4. The Morgan fingerprint density at radius 1 is 1.17 bits per heavy atom. The van der Waals surface area contributed by atoms with Crippen LogP contribution in [0.1, 0.15) is 5.69 Å². The number of rotatable bonds is 5. The number of carboxylic acids is 1. The average molecular weight is 324 g/mol. The molecule has 0 aliphatic carbocycles. The summed E-state index contributed by atoms with van der Waals surface area (Å²) in [7, 11) is 0. The van der Waals surface area contributed by atoms with Crippen molar-refractivity contribution in [1.29, 1.82) is 0 Å². The lowest BCUT2D eigenvalue weighted by Gasteiger charge is -2.12. The van der Waals surface area contributed by atoms with Crippen LogP contribution in [0.3, 0.4) is 0 Å². The van der Waals surface area contributed by atoms with Crippen molar-refractivity contribution in [1.82, 2.24) is 4.98 Å². The van der Waals surface area contributed by atoms with Gasteiger partial charge in [-0.15, -0.1) is 11.8 Å². The van der Waals surface area contributed by atoms with Gasteiger partial charge in [-0.2, -0.15) is 0 Å². The number of aromatic nitrogens is 1. The van der Waals surface area contributed by atoms with Gasteiger partial charge in [-0.25, -0.2) is 0 Å². The molecule has 3 rings (SSSR count). The van der Waals surface area contributed by atoms with Gasteiger partial charge in [0, 0.05) is 21.7 Å². The monoisotopic (exact) mass is 324 g/mol. The zero-order chi connectivity index (χ0) is 16.2. The van der Waals surface area contributed by atoms with Gasteiger partial charge in [-0.1, -0.05) is 24.3 Å². The van der Waals surface area contributed by atoms with E-state index in [0.29, 0.717) is 5.69 Å². The molecule has 0 unspecified atom stereocenters. The molecule has 0 atom stereocenters. The van der Waals surface area contributed by atoms with Crippen LogP contribution in [-0.4, -0.2) is 22.3 Å². The number of fused-ring (bicyclic) bond motifs is 1. The van der Waals surface area contributed by atoms with Gasteiger partial charge >= 0.3 is 5.97 Å². The zero-order valence-corrected chi connectivity index (χ0v) is 13.4. The first-order valence-electron chi connectivity index (χ1n) is 7.17. The van der Waals surface area contributed by atoms with Crippen molar-refractivity contribution in [3.05, 3.63) is 60.3 Å². The molecule has 0 amide bonds. The molecule has 116 valence electrons. The van der Waals surface area contributed by atoms with E-state index in [4.69, 9.17) is 5.11 Å². The fraction of sp³-hybridized carbons (Fsp3) is 0.111. The van der Waals surface area contributed by atoms with Gasteiger partial charge in [-0.05, 0) is 36.6 Å². The Hall–Kier alpha value is -2.53. The van der Waals surface area contributed by atoms with Crippen LogP contribution in [0.2, 0.25) is 0 Å². The summed E-state index contributed by atoms with van der Waals surface area (Å²) < 4.78 is 0. The number of para-hydroxylation sites is 1. The van der Waals surface area contributed by atoms with Crippen molar-refractivity contribution in [2.45, 2.75) is 11.3 Å². The number of hydrogen-bond donors (Lipinski definition) is 2. The average Bonchev–Trinajstić information content (AvgIpc) is 2.54. The summed E-state index contributed by atoms with van der Waals surface area (Å²) >= 11 is 1.68. The molecule has 1 aromatic heterocycles.